The first kappa shape index (κ1) is 13.7. The fraction of sp³-hybridized carbons (Fsp3) is 0.364. The molecule has 2 N–H and O–H groups in total. The van der Waals surface area contributed by atoms with Crippen molar-refractivity contribution in [3.05, 3.63) is 29.3 Å². The van der Waals surface area contributed by atoms with Crippen molar-refractivity contribution in [3.8, 4) is 0 Å². The van der Waals surface area contributed by atoms with E-state index in [4.69, 9.17) is 10.2 Å². The van der Waals surface area contributed by atoms with Gasteiger partial charge in [-0.3, -0.25) is 4.79 Å². The summed E-state index contributed by atoms with van der Waals surface area (Å²) in [5.74, 6) is -1.02. The minimum atomic E-state index is -3.38. The molecule has 0 aliphatic rings. The van der Waals surface area contributed by atoms with Gasteiger partial charge in [0.15, 0.2) is 9.84 Å². The SMILES string of the molecule is CS(=O)(=O)c1cc(CCO)cc(CC(=O)O)c1. The van der Waals surface area contributed by atoms with E-state index in [1.807, 2.05) is 0 Å². The molecular formula is C11H14O5S. The third-order valence-electron chi connectivity index (χ3n) is 2.21. The number of hydrogen-bond donors (Lipinski definition) is 2. The Morgan fingerprint density at radius 2 is 1.82 bits per heavy atom. The number of carbonyl (C=O) groups is 1. The van der Waals surface area contributed by atoms with E-state index in [2.05, 4.69) is 0 Å². The van der Waals surface area contributed by atoms with Gasteiger partial charge in [-0.15, -0.1) is 0 Å². The molecule has 0 aliphatic carbocycles. The molecule has 0 fully saturated rings. The van der Waals surface area contributed by atoms with E-state index in [1.54, 1.807) is 6.07 Å². The molecule has 0 unspecified atom stereocenters. The molecule has 1 aromatic rings. The molecule has 0 atom stereocenters. The van der Waals surface area contributed by atoms with Gasteiger partial charge in [-0.25, -0.2) is 8.42 Å². The molecule has 5 nitrogen and oxygen atoms in total. The summed E-state index contributed by atoms with van der Waals surface area (Å²) >= 11 is 0. The maximum atomic E-state index is 11.4. The van der Waals surface area contributed by atoms with Crippen LogP contribution in [0.3, 0.4) is 0 Å². The van der Waals surface area contributed by atoms with E-state index >= 15 is 0 Å². The summed E-state index contributed by atoms with van der Waals surface area (Å²) in [6, 6.07) is 4.40. The summed E-state index contributed by atoms with van der Waals surface area (Å²) in [5.41, 5.74) is 1.04. The Morgan fingerprint density at radius 3 is 2.29 bits per heavy atom. The van der Waals surface area contributed by atoms with Crippen LogP contribution in [0, 0.1) is 0 Å². The van der Waals surface area contributed by atoms with Gasteiger partial charge in [0, 0.05) is 12.9 Å². The van der Waals surface area contributed by atoms with Gasteiger partial charge in [0.1, 0.15) is 0 Å². The minimum absolute atomic E-state index is 0.0831. The zero-order chi connectivity index (χ0) is 13.1. The second-order valence-electron chi connectivity index (χ2n) is 3.80. The monoisotopic (exact) mass is 258 g/mol. The minimum Gasteiger partial charge on any atom is -0.481 e. The predicted molar refractivity (Wildman–Crippen MR) is 61.7 cm³/mol. The van der Waals surface area contributed by atoms with Crippen molar-refractivity contribution in [3.63, 3.8) is 0 Å². The van der Waals surface area contributed by atoms with E-state index < -0.39 is 15.8 Å². The quantitative estimate of drug-likeness (QED) is 0.790. The van der Waals surface area contributed by atoms with Crippen molar-refractivity contribution >= 4 is 15.8 Å². The molecule has 0 amide bonds. The molecule has 17 heavy (non-hydrogen) atoms. The van der Waals surface area contributed by atoms with E-state index in [9.17, 15) is 13.2 Å². The first-order valence-electron chi connectivity index (χ1n) is 4.98. The number of aliphatic hydroxyl groups is 1. The second-order valence-corrected chi connectivity index (χ2v) is 5.82. The van der Waals surface area contributed by atoms with Gasteiger partial charge >= 0.3 is 5.97 Å². The van der Waals surface area contributed by atoms with Gasteiger partial charge in [0.05, 0.1) is 11.3 Å². The number of benzene rings is 1. The highest BCUT2D eigenvalue weighted by Crippen LogP contribution is 2.16. The fourth-order valence-corrected chi connectivity index (χ4v) is 2.22. The average molecular weight is 258 g/mol. The lowest BCUT2D eigenvalue weighted by molar-refractivity contribution is -0.136. The average Bonchev–Trinajstić information content (AvgIpc) is 2.15. The maximum Gasteiger partial charge on any atom is 0.307 e. The van der Waals surface area contributed by atoms with Gasteiger partial charge in [-0.05, 0) is 29.7 Å². The van der Waals surface area contributed by atoms with Gasteiger partial charge in [-0.1, -0.05) is 6.07 Å². The molecule has 0 radical (unpaired) electrons. The van der Waals surface area contributed by atoms with Crippen molar-refractivity contribution in [2.75, 3.05) is 12.9 Å². The van der Waals surface area contributed by atoms with E-state index in [1.165, 1.54) is 12.1 Å². The number of sulfone groups is 1. The van der Waals surface area contributed by atoms with Crippen LogP contribution in [-0.4, -0.2) is 37.5 Å². The predicted octanol–water partition coefficient (Wildman–Crippen LogP) is 0.252. The third-order valence-corrected chi connectivity index (χ3v) is 3.30. The summed E-state index contributed by atoms with van der Waals surface area (Å²) in [5, 5.41) is 17.5. The molecule has 0 bridgehead atoms. The number of carboxylic acids is 1. The maximum absolute atomic E-state index is 11.4. The molecule has 0 saturated heterocycles. The van der Waals surface area contributed by atoms with Crippen molar-refractivity contribution in [1.29, 1.82) is 0 Å². The van der Waals surface area contributed by atoms with E-state index in [-0.39, 0.29) is 17.9 Å². The summed E-state index contributed by atoms with van der Waals surface area (Å²) < 4.78 is 22.8. The number of rotatable bonds is 5. The van der Waals surface area contributed by atoms with Crippen LogP contribution < -0.4 is 0 Å². The molecule has 0 aromatic heterocycles. The van der Waals surface area contributed by atoms with Gasteiger partial charge in [-0.2, -0.15) is 0 Å². The first-order chi connectivity index (χ1) is 7.82. The van der Waals surface area contributed by atoms with Crippen molar-refractivity contribution in [1.82, 2.24) is 0 Å². The third kappa shape index (κ3) is 4.16. The number of carboxylic acid groups (broad SMARTS) is 1. The van der Waals surface area contributed by atoms with Crippen LogP contribution >= 0.6 is 0 Å². The Morgan fingerprint density at radius 1 is 1.24 bits per heavy atom. The van der Waals surface area contributed by atoms with Crippen LogP contribution in [-0.2, 0) is 27.5 Å². The number of aliphatic carboxylic acids is 1. The molecule has 0 heterocycles. The van der Waals surface area contributed by atoms with Gasteiger partial charge in [0.2, 0.25) is 0 Å². The highest BCUT2D eigenvalue weighted by molar-refractivity contribution is 7.90. The summed E-state index contributed by atoms with van der Waals surface area (Å²) in [6.07, 6.45) is 1.13. The Kier molecular flexibility index (Phi) is 4.25. The van der Waals surface area contributed by atoms with Crippen molar-refractivity contribution in [2.24, 2.45) is 0 Å². The van der Waals surface area contributed by atoms with Crippen LogP contribution in [0.2, 0.25) is 0 Å². The lowest BCUT2D eigenvalue weighted by Crippen LogP contribution is -2.05. The normalized spacial score (nSPS) is 11.4. The molecule has 1 aromatic carbocycles. The Labute approximate surface area is 99.6 Å². The lowest BCUT2D eigenvalue weighted by Gasteiger charge is -2.06. The van der Waals surface area contributed by atoms with Crippen molar-refractivity contribution in [2.45, 2.75) is 17.7 Å². The molecule has 0 saturated carbocycles. The number of hydrogen-bond acceptors (Lipinski definition) is 4. The van der Waals surface area contributed by atoms with Gasteiger partial charge < -0.3 is 10.2 Å². The molecule has 0 aliphatic heterocycles. The Hall–Kier alpha value is -1.40. The first-order valence-corrected chi connectivity index (χ1v) is 6.87. The van der Waals surface area contributed by atoms with Crippen LogP contribution in [0.15, 0.2) is 23.1 Å². The van der Waals surface area contributed by atoms with Crippen LogP contribution in [0.5, 0.6) is 0 Å². The molecule has 0 spiro atoms. The Balaban J connectivity index is 3.23. The van der Waals surface area contributed by atoms with Crippen LogP contribution in [0.1, 0.15) is 11.1 Å². The molecule has 94 valence electrons. The Bertz CT molecular complexity index is 519. The molecule has 6 heteroatoms. The highest BCUT2D eigenvalue weighted by atomic mass is 32.2. The van der Waals surface area contributed by atoms with E-state index in [0.717, 1.165) is 6.26 Å². The standard InChI is InChI=1S/C11H14O5S/c1-17(15,16)10-5-8(2-3-12)4-9(6-10)7-11(13)14/h4-6,12H,2-3,7H2,1H3,(H,13,14). The molecule has 1 rings (SSSR count). The van der Waals surface area contributed by atoms with E-state index in [0.29, 0.717) is 17.5 Å². The topological polar surface area (TPSA) is 91.7 Å². The summed E-state index contributed by atoms with van der Waals surface area (Å²) in [4.78, 5) is 10.7. The summed E-state index contributed by atoms with van der Waals surface area (Å²) in [6.45, 7) is -0.111. The molecular weight excluding hydrogens is 244 g/mol. The lowest BCUT2D eigenvalue weighted by atomic mass is 10.1. The largest absolute Gasteiger partial charge is 0.481 e. The highest BCUT2D eigenvalue weighted by Gasteiger charge is 2.11. The van der Waals surface area contributed by atoms with Crippen LogP contribution in [0.4, 0.5) is 0 Å². The van der Waals surface area contributed by atoms with Crippen molar-refractivity contribution < 1.29 is 23.4 Å². The summed E-state index contributed by atoms with van der Waals surface area (Å²) in [7, 11) is -3.38. The second kappa shape index (κ2) is 5.29. The smallest absolute Gasteiger partial charge is 0.307 e. The zero-order valence-corrected chi connectivity index (χ0v) is 10.2. The number of aliphatic hydroxyl groups excluding tert-OH is 1. The zero-order valence-electron chi connectivity index (χ0n) is 9.38. The van der Waals surface area contributed by atoms with Gasteiger partial charge in [0.25, 0.3) is 0 Å². The van der Waals surface area contributed by atoms with Crippen LogP contribution in [0.25, 0.3) is 0 Å². The fourth-order valence-electron chi connectivity index (χ4n) is 1.49.